The summed E-state index contributed by atoms with van der Waals surface area (Å²) >= 11 is 0. The van der Waals surface area contributed by atoms with E-state index in [1.54, 1.807) is 6.92 Å². The van der Waals surface area contributed by atoms with E-state index in [0.29, 0.717) is 11.4 Å². The predicted octanol–water partition coefficient (Wildman–Crippen LogP) is 1.38. The summed E-state index contributed by atoms with van der Waals surface area (Å²) in [4.78, 5) is 21.9. The zero-order valence-electron chi connectivity index (χ0n) is 9.51. The molecule has 2 N–H and O–H groups in total. The number of nitrogens with one attached hydrogen (secondary N) is 2. The monoisotopic (exact) mass is 246 g/mol. The number of aryl methyl sites for hydroxylation is 1. The minimum absolute atomic E-state index is 0.0395. The highest BCUT2D eigenvalue weighted by Gasteiger charge is 2.11. The Hall–Kier alpha value is -2.70. The van der Waals surface area contributed by atoms with Crippen LogP contribution in [0, 0.1) is 22.4 Å². The minimum atomic E-state index is -0.504. The molecule has 2 aromatic rings. The molecule has 0 atom stereocenters. The molecule has 18 heavy (non-hydrogen) atoms. The molecule has 0 bridgehead atoms. The third-order valence-electron chi connectivity index (χ3n) is 2.58. The number of nitro groups is 1. The van der Waals surface area contributed by atoms with Crippen molar-refractivity contribution in [2.24, 2.45) is 0 Å². The van der Waals surface area contributed by atoms with Gasteiger partial charge in [0.25, 0.3) is 11.2 Å². The van der Waals surface area contributed by atoms with Gasteiger partial charge in [0.05, 0.1) is 16.2 Å². The van der Waals surface area contributed by atoms with Crippen molar-refractivity contribution in [3.63, 3.8) is 0 Å². The van der Waals surface area contributed by atoms with Crippen LogP contribution in [-0.4, -0.2) is 20.9 Å². The number of benzene rings is 1. The summed E-state index contributed by atoms with van der Waals surface area (Å²) in [5.74, 6) is 0. The van der Waals surface area contributed by atoms with Crippen LogP contribution in [0.4, 0.5) is 5.69 Å². The van der Waals surface area contributed by atoms with E-state index in [9.17, 15) is 14.9 Å². The predicted molar refractivity (Wildman–Crippen MR) is 65.7 cm³/mol. The fourth-order valence-electron chi connectivity index (χ4n) is 1.63. The van der Waals surface area contributed by atoms with E-state index < -0.39 is 4.92 Å². The lowest BCUT2D eigenvalue weighted by Crippen LogP contribution is -2.16. The fourth-order valence-corrected chi connectivity index (χ4v) is 1.63. The van der Waals surface area contributed by atoms with Crippen molar-refractivity contribution in [1.82, 2.24) is 9.78 Å². The Labute approximate surface area is 101 Å². The van der Waals surface area contributed by atoms with Gasteiger partial charge in [0.15, 0.2) is 0 Å². The Morgan fingerprint density at radius 1 is 1.39 bits per heavy atom. The van der Waals surface area contributed by atoms with Crippen LogP contribution < -0.4 is 5.56 Å². The number of aromatic nitrogens is 2. The molecule has 0 radical (unpaired) electrons. The van der Waals surface area contributed by atoms with Crippen molar-refractivity contribution in [3.8, 4) is 5.69 Å². The molecule has 0 aliphatic rings. The van der Waals surface area contributed by atoms with Crippen molar-refractivity contribution >= 4 is 11.9 Å². The first-order valence-electron chi connectivity index (χ1n) is 5.11. The van der Waals surface area contributed by atoms with Gasteiger partial charge in [0.1, 0.15) is 0 Å². The maximum Gasteiger partial charge on any atom is 0.280 e. The molecular weight excluding hydrogens is 236 g/mol. The second kappa shape index (κ2) is 4.28. The van der Waals surface area contributed by atoms with Crippen LogP contribution in [0.1, 0.15) is 11.3 Å². The van der Waals surface area contributed by atoms with Crippen molar-refractivity contribution in [3.05, 3.63) is 56.0 Å². The maximum absolute atomic E-state index is 11.9. The van der Waals surface area contributed by atoms with Gasteiger partial charge in [-0.25, -0.2) is 4.68 Å². The van der Waals surface area contributed by atoms with E-state index >= 15 is 0 Å². The van der Waals surface area contributed by atoms with Crippen LogP contribution in [0.15, 0.2) is 29.1 Å². The lowest BCUT2D eigenvalue weighted by Gasteiger charge is -2.00. The highest BCUT2D eigenvalue weighted by molar-refractivity contribution is 5.78. The van der Waals surface area contributed by atoms with Crippen LogP contribution in [0.2, 0.25) is 0 Å². The van der Waals surface area contributed by atoms with Gasteiger partial charge in [-0.15, -0.1) is 0 Å². The first kappa shape index (κ1) is 11.8. The summed E-state index contributed by atoms with van der Waals surface area (Å²) < 4.78 is 1.25. The normalized spacial score (nSPS) is 10.3. The number of rotatable bonds is 3. The zero-order chi connectivity index (χ0) is 13.3. The molecule has 0 saturated heterocycles. The molecule has 0 spiro atoms. The Morgan fingerprint density at radius 3 is 2.44 bits per heavy atom. The molecule has 7 heteroatoms. The number of hydrogen-bond donors (Lipinski definition) is 2. The van der Waals surface area contributed by atoms with Gasteiger partial charge in [-0.3, -0.25) is 20.0 Å². The molecule has 0 saturated carbocycles. The van der Waals surface area contributed by atoms with Gasteiger partial charge in [0.2, 0.25) is 0 Å². The Kier molecular flexibility index (Phi) is 2.80. The minimum Gasteiger partial charge on any atom is -0.308 e. The van der Waals surface area contributed by atoms with E-state index in [1.165, 1.54) is 28.9 Å². The van der Waals surface area contributed by atoms with Gasteiger partial charge in [-0.2, -0.15) is 0 Å². The number of hydrogen-bond acceptors (Lipinski definition) is 4. The number of nitro benzene ring substituents is 1. The van der Waals surface area contributed by atoms with E-state index in [2.05, 4.69) is 5.10 Å². The van der Waals surface area contributed by atoms with Gasteiger partial charge < -0.3 is 5.41 Å². The lowest BCUT2D eigenvalue weighted by atomic mass is 10.3. The SMILES string of the molecule is Cc1[nH]n(-c2ccc([N+](=O)[O-])cc2)c(=O)c1C=N. The third kappa shape index (κ3) is 1.81. The second-order valence-electron chi connectivity index (χ2n) is 3.71. The van der Waals surface area contributed by atoms with E-state index in [4.69, 9.17) is 5.41 Å². The van der Waals surface area contributed by atoms with Crippen LogP contribution in [0.3, 0.4) is 0 Å². The van der Waals surface area contributed by atoms with Crippen molar-refractivity contribution in [2.45, 2.75) is 6.92 Å². The van der Waals surface area contributed by atoms with Crippen LogP contribution >= 0.6 is 0 Å². The van der Waals surface area contributed by atoms with Gasteiger partial charge in [-0.1, -0.05) is 0 Å². The molecule has 0 aliphatic carbocycles. The molecule has 1 aromatic heterocycles. The highest BCUT2D eigenvalue weighted by atomic mass is 16.6. The number of aromatic amines is 1. The lowest BCUT2D eigenvalue weighted by molar-refractivity contribution is -0.384. The zero-order valence-corrected chi connectivity index (χ0v) is 9.51. The second-order valence-corrected chi connectivity index (χ2v) is 3.71. The molecule has 2 rings (SSSR count). The van der Waals surface area contributed by atoms with E-state index in [-0.39, 0.29) is 16.8 Å². The molecule has 1 heterocycles. The molecule has 0 unspecified atom stereocenters. The Balaban J connectivity index is 2.53. The Morgan fingerprint density at radius 2 is 2.00 bits per heavy atom. The summed E-state index contributed by atoms with van der Waals surface area (Å²) in [6.07, 6.45) is 0.982. The fraction of sp³-hybridized carbons (Fsp3) is 0.0909. The largest absolute Gasteiger partial charge is 0.308 e. The molecule has 92 valence electrons. The maximum atomic E-state index is 11.9. The van der Waals surface area contributed by atoms with Crippen LogP contribution in [-0.2, 0) is 0 Å². The summed E-state index contributed by atoms with van der Waals surface area (Å²) in [7, 11) is 0. The van der Waals surface area contributed by atoms with Crippen molar-refractivity contribution < 1.29 is 4.92 Å². The quantitative estimate of drug-likeness (QED) is 0.485. The summed E-state index contributed by atoms with van der Waals surface area (Å²) in [5.41, 5.74) is 0.946. The Bertz CT molecular complexity index is 667. The molecule has 0 aliphatic heterocycles. The summed E-state index contributed by atoms with van der Waals surface area (Å²) in [6, 6.07) is 5.59. The van der Waals surface area contributed by atoms with Crippen molar-refractivity contribution in [1.29, 1.82) is 5.41 Å². The molecular formula is C11H10N4O3. The third-order valence-corrected chi connectivity index (χ3v) is 2.58. The van der Waals surface area contributed by atoms with Gasteiger partial charge in [0, 0.05) is 24.0 Å². The van der Waals surface area contributed by atoms with Crippen LogP contribution in [0.5, 0.6) is 0 Å². The molecule has 7 nitrogen and oxygen atoms in total. The molecule has 0 amide bonds. The standard InChI is InChI=1S/C11H10N4O3/c1-7-10(6-12)11(16)14(13-7)8-2-4-9(5-3-8)15(17)18/h2-6,12-13H,1H3. The van der Waals surface area contributed by atoms with Crippen LogP contribution in [0.25, 0.3) is 5.69 Å². The first-order valence-corrected chi connectivity index (χ1v) is 5.11. The van der Waals surface area contributed by atoms with Crippen molar-refractivity contribution in [2.75, 3.05) is 0 Å². The summed E-state index contributed by atoms with van der Waals surface area (Å²) in [5, 5.41) is 20.5. The average Bonchev–Trinajstić information content (AvgIpc) is 2.64. The number of H-pyrrole nitrogens is 1. The smallest absolute Gasteiger partial charge is 0.280 e. The molecule has 1 aromatic carbocycles. The first-order chi connectivity index (χ1) is 8.54. The number of non-ortho nitro benzene ring substituents is 1. The van der Waals surface area contributed by atoms with Gasteiger partial charge >= 0.3 is 0 Å². The molecule has 0 fully saturated rings. The topological polar surface area (TPSA) is 105 Å². The van der Waals surface area contributed by atoms with E-state index in [1.807, 2.05) is 0 Å². The average molecular weight is 246 g/mol. The van der Waals surface area contributed by atoms with E-state index in [0.717, 1.165) is 6.21 Å². The van der Waals surface area contributed by atoms with Gasteiger partial charge in [-0.05, 0) is 19.1 Å². The summed E-state index contributed by atoms with van der Waals surface area (Å²) in [6.45, 7) is 1.68. The highest BCUT2D eigenvalue weighted by Crippen LogP contribution is 2.14. The number of nitrogens with zero attached hydrogens (tertiary/aromatic N) is 2.